The monoisotopic (exact) mass is 316 g/mol. The van der Waals surface area contributed by atoms with Crippen LogP contribution in [0.5, 0.6) is 0 Å². The SMILES string of the molecule is BC1=C(c2ccc(/C=C/C(=O)OC)cc2)c2ccccc2CCC1. The van der Waals surface area contributed by atoms with E-state index in [1.165, 1.54) is 47.3 Å². The van der Waals surface area contributed by atoms with Gasteiger partial charge in [-0.2, -0.15) is 0 Å². The molecule has 0 unspecified atom stereocenters. The molecule has 0 saturated carbocycles. The quantitative estimate of drug-likeness (QED) is 0.491. The first-order valence-corrected chi connectivity index (χ1v) is 8.33. The highest BCUT2D eigenvalue weighted by atomic mass is 16.5. The molecule has 1 aliphatic rings. The molecular formula is C21H21BO2. The van der Waals surface area contributed by atoms with Crippen LogP contribution in [0.4, 0.5) is 0 Å². The fraction of sp³-hybridized carbons (Fsp3) is 0.190. The Morgan fingerprint density at radius 1 is 1.08 bits per heavy atom. The van der Waals surface area contributed by atoms with Crippen LogP contribution in [-0.2, 0) is 16.0 Å². The van der Waals surface area contributed by atoms with Gasteiger partial charge in [0.15, 0.2) is 0 Å². The lowest BCUT2D eigenvalue weighted by Crippen LogP contribution is -1.96. The number of hydrogen-bond donors (Lipinski definition) is 0. The van der Waals surface area contributed by atoms with Crippen molar-refractivity contribution in [1.29, 1.82) is 0 Å². The van der Waals surface area contributed by atoms with Crippen LogP contribution in [0.15, 0.2) is 60.1 Å². The first-order valence-electron chi connectivity index (χ1n) is 8.33. The molecule has 3 heteroatoms. The van der Waals surface area contributed by atoms with Crippen molar-refractivity contribution in [2.24, 2.45) is 0 Å². The van der Waals surface area contributed by atoms with Crippen molar-refractivity contribution in [3.05, 3.63) is 82.3 Å². The number of benzene rings is 2. The molecular weight excluding hydrogens is 295 g/mol. The molecule has 120 valence electrons. The largest absolute Gasteiger partial charge is 0.466 e. The predicted molar refractivity (Wildman–Crippen MR) is 101 cm³/mol. The third kappa shape index (κ3) is 3.51. The molecule has 3 rings (SSSR count). The number of carbonyl (C=O) groups excluding carboxylic acids is 1. The van der Waals surface area contributed by atoms with Crippen LogP contribution in [0.3, 0.4) is 0 Å². The van der Waals surface area contributed by atoms with Crippen LogP contribution < -0.4 is 0 Å². The molecule has 0 aromatic heterocycles. The minimum absolute atomic E-state index is 0.338. The van der Waals surface area contributed by atoms with Crippen molar-refractivity contribution in [1.82, 2.24) is 0 Å². The summed E-state index contributed by atoms with van der Waals surface area (Å²) < 4.78 is 4.62. The van der Waals surface area contributed by atoms with E-state index >= 15 is 0 Å². The summed E-state index contributed by atoms with van der Waals surface area (Å²) in [4.78, 5) is 11.2. The van der Waals surface area contributed by atoms with Crippen LogP contribution in [0.2, 0.25) is 0 Å². The Bertz CT molecular complexity index is 801. The van der Waals surface area contributed by atoms with E-state index < -0.39 is 0 Å². The maximum Gasteiger partial charge on any atom is 0.330 e. The van der Waals surface area contributed by atoms with Crippen LogP contribution in [0.1, 0.15) is 35.1 Å². The summed E-state index contributed by atoms with van der Waals surface area (Å²) in [5.41, 5.74) is 7.80. The first-order chi connectivity index (χ1) is 11.7. The van der Waals surface area contributed by atoms with Crippen LogP contribution in [-0.4, -0.2) is 20.9 Å². The fourth-order valence-corrected chi connectivity index (χ4v) is 3.28. The summed E-state index contributed by atoms with van der Waals surface area (Å²) >= 11 is 0. The van der Waals surface area contributed by atoms with Gasteiger partial charge in [0.25, 0.3) is 0 Å². The molecule has 0 N–H and O–H groups in total. The number of esters is 1. The second kappa shape index (κ2) is 7.35. The normalized spacial score (nSPS) is 14.4. The van der Waals surface area contributed by atoms with Gasteiger partial charge >= 0.3 is 5.97 Å². The number of ether oxygens (including phenoxy) is 1. The number of aryl methyl sites for hydroxylation is 1. The molecule has 2 aromatic carbocycles. The second-order valence-electron chi connectivity index (χ2n) is 6.14. The summed E-state index contributed by atoms with van der Waals surface area (Å²) in [5, 5.41) is 0. The first kappa shape index (κ1) is 16.3. The third-order valence-electron chi connectivity index (χ3n) is 4.52. The van der Waals surface area contributed by atoms with Gasteiger partial charge in [-0.15, -0.1) is 5.47 Å². The van der Waals surface area contributed by atoms with Gasteiger partial charge in [-0.05, 0) is 53.2 Å². The van der Waals surface area contributed by atoms with E-state index in [4.69, 9.17) is 0 Å². The Hall–Kier alpha value is -2.55. The summed E-state index contributed by atoms with van der Waals surface area (Å²) in [5.74, 6) is -0.338. The summed E-state index contributed by atoms with van der Waals surface area (Å²) in [6.07, 6.45) is 6.69. The zero-order valence-electron chi connectivity index (χ0n) is 14.2. The zero-order chi connectivity index (χ0) is 16.9. The molecule has 2 nitrogen and oxygen atoms in total. The third-order valence-corrected chi connectivity index (χ3v) is 4.52. The van der Waals surface area contributed by atoms with E-state index in [9.17, 15) is 4.79 Å². The standard InChI is InChI=1S/C21H21BO2/c1-24-20(23)14-11-15-9-12-17(13-10-15)21-18-7-3-2-5-16(18)6-4-8-19(21)22/h2-3,5,7,9-14H,4,6,8,22H2,1H3/b14-11+. The van der Waals surface area contributed by atoms with Crippen molar-refractivity contribution in [3.63, 3.8) is 0 Å². The lowest BCUT2D eigenvalue weighted by molar-refractivity contribution is -0.134. The van der Waals surface area contributed by atoms with Crippen molar-refractivity contribution < 1.29 is 9.53 Å². The minimum atomic E-state index is -0.338. The van der Waals surface area contributed by atoms with E-state index in [1.807, 2.05) is 12.1 Å². The Morgan fingerprint density at radius 3 is 2.58 bits per heavy atom. The summed E-state index contributed by atoms with van der Waals surface area (Å²) in [6, 6.07) is 17.1. The van der Waals surface area contributed by atoms with Crippen molar-refractivity contribution in [3.8, 4) is 0 Å². The molecule has 0 fully saturated rings. The van der Waals surface area contributed by atoms with Gasteiger partial charge in [0.05, 0.1) is 7.11 Å². The molecule has 0 saturated heterocycles. The van der Waals surface area contributed by atoms with Crippen molar-refractivity contribution in [2.75, 3.05) is 7.11 Å². The van der Waals surface area contributed by atoms with E-state index in [-0.39, 0.29) is 5.97 Å². The number of fused-ring (bicyclic) bond motifs is 1. The van der Waals surface area contributed by atoms with E-state index in [1.54, 1.807) is 6.08 Å². The van der Waals surface area contributed by atoms with Gasteiger partial charge in [-0.25, -0.2) is 4.79 Å². The molecule has 0 bridgehead atoms. The average molecular weight is 316 g/mol. The molecule has 0 spiro atoms. The van der Waals surface area contributed by atoms with Gasteiger partial charge in [0.2, 0.25) is 0 Å². The number of rotatable bonds is 3. The molecule has 0 atom stereocenters. The van der Waals surface area contributed by atoms with E-state index in [0.29, 0.717) is 0 Å². The molecule has 24 heavy (non-hydrogen) atoms. The highest BCUT2D eigenvalue weighted by molar-refractivity contribution is 6.26. The maximum absolute atomic E-state index is 11.2. The van der Waals surface area contributed by atoms with Gasteiger partial charge in [-0.1, -0.05) is 48.5 Å². The van der Waals surface area contributed by atoms with Crippen LogP contribution >= 0.6 is 0 Å². The number of allylic oxidation sites excluding steroid dienone is 1. The van der Waals surface area contributed by atoms with E-state index in [2.05, 4.69) is 49.0 Å². The topological polar surface area (TPSA) is 26.3 Å². The van der Waals surface area contributed by atoms with Gasteiger partial charge in [0.1, 0.15) is 7.85 Å². The summed E-state index contributed by atoms with van der Waals surface area (Å²) in [7, 11) is 3.62. The Kier molecular flexibility index (Phi) is 5.00. The van der Waals surface area contributed by atoms with Gasteiger partial charge in [-0.3, -0.25) is 0 Å². The Morgan fingerprint density at radius 2 is 1.83 bits per heavy atom. The smallest absolute Gasteiger partial charge is 0.330 e. The number of hydrogen-bond acceptors (Lipinski definition) is 2. The molecule has 0 aliphatic heterocycles. The predicted octanol–water partition coefficient (Wildman–Crippen LogP) is 3.60. The Labute approximate surface area is 144 Å². The Balaban J connectivity index is 1.96. The average Bonchev–Trinajstić information content (AvgIpc) is 2.78. The maximum atomic E-state index is 11.2. The van der Waals surface area contributed by atoms with Gasteiger partial charge in [0, 0.05) is 6.08 Å². The number of carbonyl (C=O) groups is 1. The zero-order valence-corrected chi connectivity index (χ0v) is 14.2. The van der Waals surface area contributed by atoms with Crippen molar-refractivity contribution in [2.45, 2.75) is 19.3 Å². The van der Waals surface area contributed by atoms with E-state index in [0.717, 1.165) is 18.4 Å². The molecule has 0 heterocycles. The molecule has 1 aliphatic carbocycles. The molecule has 0 amide bonds. The number of methoxy groups -OCH3 is 1. The molecule has 2 aromatic rings. The van der Waals surface area contributed by atoms with Crippen LogP contribution in [0.25, 0.3) is 11.6 Å². The lowest BCUT2D eigenvalue weighted by Gasteiger charge is -2.14. The van der Waals surface area contributed by atoms with Crippen LogP contribution in [0, 0.1) is 0 Å². The van der Waals surface area contributed by atoms with Crippen molar-refractivity contribution >= 4 is 25.5 Å². The highest BCUT2D eigenvalue weighted by Gasteiger charge is 2.15. The molecule has 0 radical (unpaired) electrons. The second-order valence-corrected chi connectivity index (χ2v) is 6.14. The summed E-state index contributed by atoms with van der Waals surface area (Å²) in [6.45, 7) is 0. The highest BCUT2D eigenvalue weighted by Crippen LogP contribution is 2.33. The lowest BCUT2D eigenvalue weighted by atomic mass is 9.81. The van der Waals surface area contributed by atoms with Gasteiger partial charge < -0.3 is 4.74 Å². The fourth-order valence-electron chi connectivity index (χ4n) is 3.28. The minimum Gasteiger partial charge on any atom is -0.466 e.